The first-order valence-corrected chi connectivity index (χ1v) is 13.4. The second-order valence-corrected chi connectivity index (χ2v) is 12.7. The predicted molar refractivity (Wildman–Crippen MR) is 113 cm³/mol. The Kier molecular flexibility index (Phi) is 9.26. The van der Waals surface area contributed by atoms with E-state index in [2.05, 4.69) is 38.0 Å². The van der Waals surface area contributed by atoms with Crippen LogP contribution >= 0.6 is 0 Å². The van der Waals surface area contributed by atoms with Gasteiger partial charge >= 0.3 is 175 Å². The number of hydrogen-bond donors (Lipinski definition) is 0. The summed E-state index contributed by atoms with van der Waals surface area (Å²) >= 11 is -0.957. The third-order valence-corrected chi connectivity index (χ3v) is 11.0. The Morgan fingerprint density at radius 1 is 0.963 bits per heavy atom. The van der Waals surface area contributed by atoms with Gasteiger partial charge in [-0.3, -0.25) is 0 Å². The molecule has 0 aliphatic carbocycles. The molecule has 0 aliphatic heterocycles. The van der Waals surface area contributed by atoms with Crippen LogP contribution in [-0.4, -0.2) is 36.1 Å². The van der Waals surface area contributed by atoms with Gasteiger partial charge in [-0.2, -0.15) is 0 Å². The fourth-order valence-electron chi connectivity index (χ4n) is 3.66. The van der Waals surface area contributed by atoms with E-state index in [0.717, 1.165) is 5.69 Å². The van der Waals surface area contributed by atoms with Crippen LogP contribution < -0.4 is 3.71 Å². The van der Waals surface area contributed by atoms with Crippen LogP contribution in [0.15, 0.2) is 24.3 Å². The zero-order chi connectivity index (χ0) is 19.7. The van der Waals surface area contributed by atoms with E-state index >= 15 is 0 Å². The standard InChI is InChI=1S/C13H27.C9H7FN3.Sn/c1-4-7-10-13(11-8-5-2)12-9-6-3;1-7-6-11-12-13(7)9-5-3-2-4-8(9)10;/h4-12H2,1-3H3;2-5H,1H3;. The maximum atomic E-state index is 14.2. The van der Waals surface area contributed by atoms with Crippen LogP contribution in [0.3, 0.4) is 0 Å². The molecule has 2 aromatic rings. The van der Waals surface area contributed by atoms with Gasteiger partial charge < -0.3 is 0 Å². The molecule has 0 aliphatic rings. The van der Waals surface area contributed by atoms with Crippen LogP contribution in [0, 0.1) is 12.7 Å². The molecule has 1 aromatic carbocycles. The van der Waals surface area contributed by atoms with Crippen LogP contribution in [0.2, 0.25) is 3.43 Å². The van der Waals surface area contributed by atoms with Crippen LogP contribution in [-0.2, 0) is 0 Å². The van der Waals surface area contributed by atoms with Crippen LogP contribution in [0.4, 0.5) is 4.39 Å². The predicted octanol–water partition coefficient (Wildman–Crippen LogP) is 5.77. The normalized spacial score (nSPS) is 11.9. The molecule has 0 N–H and O–H groups in total. The van der Waals surface area contributed by atoms with Crippen molar-refractivity contribution < 1.29 is 4.39 Å². The van der Waals surface area contributed by atoms with Crippen LogP contribution in [0.25, 0.3) is 5.69 Å². The van der Waals surface area contributed by atoms with Crippen molar-refractivity contribution in [3.63, 3.8) is 0 Å². The molecule has 3 nitrogen and oxygen atoms in total. The van der Waals surface area contributed by atoms with Gasteiger partial charge in [-0.1, -0.05) is 0 Å². The Balaban J connectivity index is 2.31. The molecule has 5 heteroatoms. The molecule has 2 radical (unpaired) electrons. The van der Waals surface area contributed by atoms with Crippen LogP contribution in [0.1, 0.15) is 84.3 Å². The summed E-state index contributed by atoms with van der Waals surface area (Å²) in [6.45, 7) is 8.92. The molecular weight excluding hydrogens is 444 g/mol. The first kappa shape index (κ1) is 22.4. The molecule has 148 valence electrons. The van der Waals surface area contributed by atoms with Gasteiger partial charge in [0.15, 0.2) is 0 Å². The van der Waals surface area contributed by atoms with Gasteiger partial charge in [-0.05, 0) is 0 Å². The van der Waals surface area contributed by atoms with Gasteiger partial charge in [-0.15, -0.1) is 0 Å². The van der Waals surface area contributed by atoms with E-state index in [1.54, 1.807) is 16.8 Å². The molecule has 0 bridgehead atoms. The zero-order valence-electron chi connectivity index (χ0n) is 17.4. The van der Waals surface area contributed by atoms with Gasteiger partial charge in [0.2, 0.25) is 0 Å². The molecule has 0 amide bonds. The summed E-state index contributed by atoms with van der Waals surface area (Å²) < 4.78 is 17.6. The topological polar surface area (TPSA) is 30.7 Å². The second kappa shape index (κ2) is 11.2. The number of halogens is 1. The first-order valence-electron chi connectivity index (χ1n) is 10.5. The van der Waals surface area contributed by atoms with E-state index < -0.39 is 21.1 Å². The average molecular weight is 478 g/mol. The summed E-state index contributed by atoms with van der Waals surface area (Å²) in [7, 11) is 0. The summed E-state index contributed by atoms with van der Waals surface area (Å²) in [5.74, 6) is -0.239. The number of rotatable bonds is 12. The van der Waals surface area contributed by atoms with Crippen molar-refractivity contribution in [3.8, 4) is 5.69 Å². The van der Waals surface area contributed by atoms with Crippen molar-refractivity contribution in [2.24, 2.45) is 0 Å². The molecule has 0 spiro atoms. The quantitative estimate of drug-likeness (QED) is 0.363. The van der Waals surface area contributed by atoms with Crippen molar-refractivity contribution >= 4 is 24.9 Å². The molecule has 27 heavy (non-hydrogen) atoms. The average Bonchev–Trinajstić information content (AvgIpc) is 3.03. The Labute approximate surface area is 174 Å². The van der Waals surface area contributed by atoms with Gasteiger partial charge in [0.1, 0.15) is 0 Å². The van der Waals surface area contributed by atoms with Gasteiger partial charge in [0, 0.05) is 0 Å². The minimum atomic E-state index is -0.957. The Morgan fingerprint density at radius 2 is 1.52 bits per heavy atom. The summed E-state index contributed by atoms with van der Waals surface area (Å²) in [6, 6.07) is 6.84. The van der Waals surface area contributed by atoms with Crippen molar-refractivity contribution in [2.45, 2.75) is 88.9 Å². The Hall–Kier alpha value is -0.911. The Morgan fingerprint density at radius 3 is 2.04 bits per heavy atom. The number of para-hydroxylation sites is 1. The van der Waals surface area contributed by atoms with E-state index in [0.29, 0.717) is 9.12 Å². The molecule has 0 saturated heterocycles. The zero-order valence-corrected chi connectivity index (χ0v) is 20.2. The third-order valence-electron chi connectivity index (χ3n) is 5.39. The van der Waals surface area contributed by atoms with E-state index in [-0.39, 0.29) is 5.82 Å². The summed E-state index contributed by atoms with van der Waals surface area (Å²) in [5, 5.41) is 8.91. The minimum absolute atomic E-state index is 0.239. The number of nitrogens with zero attached hydrogens (tertiary/aromatic N) is 3. The third kappa shape index (κ3) is 6.03. The molecule has 0 fully saturated rings. The van der Waals surface area contributed by atoms with E-state index in [4.69, 9.17) is 0 Å². The van der Waals surface area contributed by atoms with Crippen molar-refractivity contribution in [2.75, 3.05) is 0 Å². The molecule has 0 unspecified atom stereocenters. The molecule has 2 rings (SSSR count). The number of aromatic nitrogens is 3. The fraction of sp³-hybridized carbons (Fsp3) is 0.636. The van der Waals surface area contributed by atoms with Crippen molar-refractivity contribution in [3.05, 3.63) is 35.8 Å². The van der Waals surface area contributed by atoms with Gasteiger partial charge in [-0.25, -0.2) is 0 Å². The van der Waals surface area contributed by atoms with Crippen molar-refractivity contribution in [1.82, 2.24) is 15.0 Å². The molecule has 1 aromatic heterocycles. The monoisotopic (exact) mass is 479 g/mol. The van der Waals surface area contributed by atoms with Crippen LogP contribution in [0.5, 0.6) is 0 Å². The SMILES string of the molecule is CCCC[C](CCCC)(CCCC)[Sn][c]1nnn(-c2ccccc2F)c1C. The molecule has 0 atom stereocenters. The number of unbranched alkanes of at least 4 members (excludes halogenated alkanes) is 3. The van der Waals surface area contributed by atoms with Crippen molar-refractivity contribution in [1.29, 1.82) is 0 Å². The van der Waals surface area contributed by atoms with E-state index in [9.17, 15) is 4.39 Å². The molecular formula is C22H34FN3Sn. The molecule has 0 saturated carbocycles. The Bertz CT molecular complexity index is 677. The number of hydrogen-bond acceptors (Lipinski definition) is 2. The number of benzene rings is 1. The fourth-order valence-corrected chi connectivity index (χ4v) is 8.76. The van der Waals surface area contributed by atoms with E-state index in [1.807, 2.05) is 6.07 Å². The van der Waals surface area contributed by atoms with Gasteiger partial charge in [0.05, 0.1) is 0 Å². The second-order valence-electron chi connectivity index (χ2n) is 7.60. The summed E-state index contributed by atoms with van der Waals surface area (Å²) in [5.41, 5.74) is 1.55. The van der Waals surface area contributed by atoms with E-state index in [1.165, 1.54) is 67.6 Å². The van der Waals surface area contributed by atoms with Gasteiger partial charge in [0.25, 0.3) is 0 Å². The first-order chi connectivity index (χ1) is 13.1. The molecule has 1 heterocycles. The maximum absolute atomic E-state index is 14.2. The summed E-state index contributed by atoms with van der Waals surface area (Å²) in [4.78, 5) is 0. The summed E-state index contributed by atoms with van der Waals surface area (Å²) in [6.07, 6.45) is 11.6.